The second kappa shape index (κ2) is 9.85. The number of fused-ring (bicyclic) bond motifs is 1. The van der Waals surface area contributed by atoms with E-state index in [0.717, 1.165) is 38.8 Å². The number of thioether (sulfide) groups is 1. The lowest BCUT2D eigenvalue weighted by molar-refractivity contribution is -0.116. The summed E-state index contributed by atoms with van der Waals surface area (Å²) in [5.74, 6) is 0.403. The van der Waals surface area contributed by atoms with Crippen molar-refractivity contribution < 1.29 is 4.79 Å². The van der Waals surface area contributed by atoms with Gasteiger partial charge in [0.15, 0.2) is 5.13 Å². The molecule has 0 atom stereocenters. The molecule has 0 unspecified atom stereocenters. The summed E-state index contributed by atoms with van der Waals surface area (Å²) < 4.78 is 3.14. The smallest absolute Gasteiger partial charge is 0.239 e. The highest BCUT2D eigenvalue weighted by Crippen LogP contribution is 2.32. The van der Waals surface area contributed by atoms with Crippen molar-refractivity contribution in [2.75, 3.05) is 17.2 Å². The van der Waals surface area contributed by atoms with Crippen molar-refractivity contribution in [1.82, 2.24) is 14.5 Å². The average molecular weight is 471 g/mol. The fourth-order valence-corrected chi connectivity index (χ4v) is 5.47. The molecule has 0 saturated carbocycles. The molecule has 0 aliphatic rings. The minimum Gasteiger partial charge on any atom is -0.337 e. The topological polar surface area (TPSA) is 51.0 Å². The van der Waals surface area contributed by atoms with E-state index in [1.54, 1.807) is 23.9 Å². The Morgan fingerprint density at radius 2 is 2.03 bits per heavy atom. The normalized spacial score (nSPS) is 11.2. The van der Waals surface area contributed by atoms with Gasteiger partial charge in [-0.2, -0.15) is 0 Å². The first kappa shape index (κ1) is 21.9. The molecule has 0 saturated heterocycles. The number of carbonyl (C=O) groups is 1. The lowest BCUT2D eigenvalue weighted by Gasteiger charge is -2.20. The van der Waals surface area contributed by atoms with Crippen LogP contribution in [0.5, 0.6) is 0 Å². The molecule has 0 bridgehead atoms. The molecule has 31 heavy (non-hydrogen) atoms. The van der Waals surface area contributed by atoms with Crippen molar-refractivity contribution in [3.05, 3.63) is 71.3 Å². The molecule has 2 heterocycles. The second-order valence-electron chi connectivity index (χ2n) is 7.37. The Kier molecular flexibility index (Phi) is 6.95. The maximum Gasteiger partial charge on any atom is 0.239 e. The maximum absolute atomic E-state index is 13.2. The van der Waals surface area contributed by atoms with Gasteiger partial charge in [0.2, 0.25) is 5.91 Å². The summed E-state index contributed by atoms with van der Waals surface area (Å²) in [5.41, 5.74) is 3.32. The largest absolute Gasteiger partial charge is 0.337 e. The Morgan fingerprint density at radius 3 is 2.77 bits per heavy atom. The number of hydrogen-bond donors (Lipinski definition) is 0. The molecule has 0 aliphatic carbocycles. The highest BCUT2D eigenvalue weighted by molar-refractivity contribution is 8.00. The molecule has 8 heteroatoms. The van der Waals surface area contributed by atoms with Crippen molar-refractivity contribution in [1.29, 1.82) is 0 Å². The molecule has 4 aromatic rings. The van der Waals surface area contributed by atoms with Gasteiger partial charge in [-0.1, -0.05) is 29.0 Å². The number of carbonyl (C=O) groups excluding carboxylic acids is 1. The van der Waals surface area contributed by atoms with Crippen LogP contribution in [-0.4, -0.2) is 32.7 Å². The van der Waals surface area contributed by atoms with E-state index in [1.165, 1.54) is 17.3 Å². The summed E-state index contributed by atoms with van der Waals surface area (Å²) in [5, 5.41) is 1.45. The summed E-state index contributed by atoms with van der Waals surface area (Å²) in [4.78, 5) is 25.0. The van der Waals surface area contributed by atoms with Gasteiger partial charge in [0.1, 0.15) is 0 Å². The zero-order valence-electron chi connectivity index (χ0n) is 17.4. The zero-order chi connectivity index (χ0) is 21.8. The standard InChI is InChI=1S/C23H23ClN4OS2/c1-16-12-17(2)22-20(13-16)31-23(26-22)28(10-3-9-27-11-8-25-15-27)21(29)14-30-19-6-4-18(24)5-7-19/h4-8,11-13,15H,3,9-10,14H2,1-2H3. The van der Waals surface area contributed by atoms with Gasteiger partial charge in [-0.25, -0.2) is 9.97 Å². The third-order valence-corrected chi connectivity index (χ3v) is 7.16. The van der Waals surface area contributed by atoms with E-state index in [0.29, 0.717) is 17.3 Å². The molecule has 0 spiro atoms. The number of benzene rings is 2. The summed E-state index contributed by atoms with van der Waals surface area (Å²) in [6, 6.07) is 11.8. The third-order valence-electron chi connectivity index (χ3n) is 4.88. The van der Waals surface area contributed by atoms with Gasteiger partial charge in [0, 0.05) is 35.4 Å². The van der Waals surface area contributed by atoms with Gasteiger partial charge in [-0.15, -0.1) is 11.8 Å². The molecule has 0 aliphatic heterocycles. The van der Waals surface area contributed by atoms with E-state index in [4.69, 9.17) is 16.6 Å². The van der Waals surface area contributed by atoms with E-state index in [1.807, 2.05) is 39.9 Å². The molecular weight excluding hydrogens is 448 g/mol. The molecule has 0 N–H and O–H groups in total. The Balaban J connectivity index is 1.53. The number of anilines is 1. The van der Waals surface area contributed by atoms with Crippen molar-refractivity contribution in [2.45, 2.75) is 31.7 Å². The van der Waals surface area contributed by atoms with Crippen LogP contribution >= 0.6 is 34.7 Å². The molecule has 5 nitrogen and oxygen atoms in total. The van der Waals surface area contributed by atoms with Gasteiger partial charge in [0.25, 0.3) is 0 Å². The van der Waals surface area contributed by atoms with Crippen LogP contribution in [0, 0.1) is 13.8 Å². The minimum absolute atomic E-state index is 0.0546. The summed E-state index contributed by atoms with van der Waals surface area (Å²) in [6.45, 7) is 5.57. The first-order chi connectivity index (χ1) is 15.0. The van der Waals surface area contributed by atoms with Crippen molar-refractivity contribution in [3.63, 3.8) is 0 Å². The van der Waals surface area contributed by atoms with E-state index < -0.39 is 0 Å². The molecule has 0 radical (unpaired) electrons. The molecule has 2 aromatic carbocycles. The lowest BCUT2D eigenvalue weighted by Crippen LogP contribution is -2.33. The van der Waals surface area contributed by atoms with Crippen LogP contribution in [0.2, 0.25) is 5.02 Å². The number of hydrogen-bond acceptors (Lipinski definition) is 5. The lowest BCUT2D eigenvalue weighted by atomic mass is 10.1. The fraction of sp³-hybridized carbons (Fsp3) is 0.261. The molecule has 2 aromatic heterocycles. The van der Waals surface area contributed by atoms with Crippen LogP contribution in [0.3, 0.4) is 0 Å². The number of amides is 1. The number of aryl methyl sites for hydroxylation is 3. The van der Waals surface area contributed by atoms with Crippen molar-refractivity contribution in [2.24, 2.45) is 0 Å². The van der Waals surface area contributed by atoms with E-state index in [-0.39, 0.29) is 5.91 Å². The predicted octanol–water partition coefficient (Wildman–Crippen LogP) is 5.98. The van der Waals surface area contributed by atoms with Crippen LogP contribution in [0.15, 0.2) is 60.0 Å². The number of nitrogens with zero attached hydrogens (tertiary/aromatic N) is 4. The minimum atomic E-state index is 0.0546. The predicted molar refractivity (Wildman–Crippen MR) is 130 cm³/mol. The number of aromatic nitrogens is 3. The van der Waals surface area contributed by atoms with Gasteiger partial charge >= 0.3 is 0 Å². The monoisotopic (exact) mass is 470 g/mol. The van der Waals surface area contributed by atoms with Crippen molar-refractivity contribution in [3.8, 4) is 0 Å². The van der Waals surface area contributed by atoms with E-state index in [2.05, 4.69) is 31.0 Å². The molecule has 160 valence electrons. The summed E-state index contributed by atoms with van der Waals surface area (Å²) in [6.07, 6.45) is 6.32. The second-order valence-corrected chi connectivity index (χ2v) is 9.86. The Bertz CT molecular complexity index is 1170. The molecule has 0 fully saturated rings. The quantitative estimate of drug-likeness (QED) is 0.297. The van der Waals surface area contributed by atoms with Crippen LogP contribution in [0.25, 0.3) is 10.2 Å². The van der Waals surface area contributed by atoms with Gasteiger partial charge in [-0.05, 0) is 61.7 Å². The van der Waals surface area contributed by atoms with Crippen LogP contribution < -0.4 is 4.90 Å². The van der Waals surface area contributed by atoms with Crippen LogP contribution in [0.1, 0.15) is 17.5 Å². The highest BCUT2D eigenvalue weighted by atomic mass is 35.5. The zero-order valence-corrected chi connectivity index (χ0v) is 19.8. The summed E-state index contributed by atoms with van der Waals surface area (Å²) in [7, 11) is 0. The highest BCUT2D eigenvalue weighted by Gasteiger charge is 2.20. The number of imidazole rings is 1. The maximum atomic E-state index is 13.2. The Labute approximate surface area is 195 Å². The van der Waals surface area contributed by atoms with Gasteiger partial charge in [0.05, 0.1) is 22.3 Å². The molecule has 1 amide bonds. The Hall–Kier alpha value is -2.35. The first-order valence-corrected chi connectivity index (χ1v) is 12.2. The molecule has 4 rings (SSSR count). The average Bonchev–Trinajstić information content (AvgIpc) is 3.40. The van der Waals surface area contributed by atoms with Crippen molar-refractivity contribution >= 4 is 56.0 Å². The van der Waals surface area contributed by atoms with Crippen LogP contribution in [0.4, 0.5) is 5.13 Å². The fourth-order valence-electron chi connectivity index (χ4n) is 3.39. The third kappa shape index (κ3) is 5.47. The number of thiazole rings is 1. The van der Waals surface area contributed by atoms with E-state index >= 15 is 0 Å². The van der Waals surface area contributed by atoms with E-state index in [9.17, 15) is 4.79 Å². The van der Waals surface area contributed by atoms with Gasteiger partial charge in [-0.3, -0.25) is 9.69 Å². The van der Waals surface area contributed by atoms with Crippen LogP contribution in [-0.2, 0) is 11.3 Å². The number of rotatable bonds is 8. The molecular formula is C23H23ClN4OS2. The number of halogens is 1. The first-order valence-electron chi connectivity index (χ1n) is 10.0. The Morgan fingerprint density at radius 1 is 1.23 bits per heavy atom. The van der Waals surface area contributed by atoms with Gasteiger partial charge < -0.3 is 4.57 Å². The SMILES string of the molecule is Cc1cc(C)c2nc(N(CCCn3ccnc3)C(=O)CSc3ccc(Cl)cc3)sc2c1. The summed E-state index contributed by atoms with van der Waals surface area (Å²) >= 11 is 9.07.